The van der Waals surface area contributed by atoms with Gasteiger partial charge in [0.25, 0.3) is 0 Å². The predicted molar refractivity (Wildman–Crippen MR) is 78.5 cm³/mol. The topological polar surface area (TPSA) is 26.0 Å². The Bertz CT molecular complexity index is 351. The highest BCUT2D eigenvalue weighted by Crippen LogP contribution is 2.20. The number of rotatable bonds is 4. The third-order valence-electron chi connectivity index (χ3n) is 2.86. The van der Waals surface area contributed by atoms with E-state index in [1.54, 1.807) is 0 Å². The lowest BCUT2D eigenvalue weighted by atomic mass is 9.95. The van der Waals surface area contributed by atoms with Crippen molar-refractivity contribution in [1.82, 2.24) is 0 Å². The molecular weight excluding hydrogens is 206 g/mol. The van der Waals surface area contributed by atoms with E-state index in [0.717, 1.165) is 12.8 Å². The number of hydrogen-bond acceptors (Lipinski definition) is 1. The average Bonchev–Trinajstić information content (AvgIpc) is 2.30. The van der Waals surface area contributed by atoms with Crippen molar-refractivity contribution in [1.29, 1.82) is 0 Å². The number of allylic oxidation sites excluding steroid dienone is 1. The van der Waals surface area contributed by atoms with Crippen molar-refractivity contribution >= 4 is 0 Å². The van der Waals surface area contributed by atoms with Crippen LogP contribution in [0.15, 0.2) is 30.4 Å². The first-order valence-electron chi connectivity index (χ1n) is 6.32. The van der Waals surface area contributed by atoms with Gasteiger partial charge in [-0.1, -0.05) is 37.6 Å². The van der Waals surface area contributed by atoms with Gasteiger partial charge in [0.05, 0.1) is 0 Å². The van der Waals surface area contributed by atoms with Crippen molar-refractivity contribution in [2.75, 3.05) is 7.05 Å². The minimum Gasteiger partial charge on any atom is -0.333 e. The lowest BCUT2D eigenvalue weighted by molar-refractivity contribution is 0.854. The predicted octanol–water partition coefficient (Wildman–Crippen LogP) is 4.20. The maximum atomic E-state index is 4.50. The van der Waals surface area contributed by atoms with Crippen LogP contribution in [0.2, 0.25) is 0 Å². The van der Waals surface area contributed by atoms with E-state index in [0.29, 0.717) is 5.92 Å². The number of hydrogen-bond donors (Lipinski definition) is 1. The molecule has 96 valence electrons. The molecule has 0 radical (unpaired) electrons. The maximum absolute atomic E-state index is 4.50. The molecule has 0 amide bonds. The van der Waals surface area contributed by atoms with Gasteiger partial charge in [-0.25, -0.2) is 0 Å². The molecule has 1 rings (SSSR count). The van der Waals surface area contributed by atoms with Crippen LogP contribution in [0.25, 0.3) is 0 Å². The average molecular weight is 233 g/mol. The summed E-state index contributed by atoms with van der Waals surface area (Å²) >= 11 is 0. The standard InChI is InChI=1S/C15H22.CH5N/c1-11(2)6-8-15-10-14(12(3)4)9-7-13(15)5;1-2/h7,9-10,12H,1,6,8H2,2-5H3;2H2,1H3. The molecule has 0 aliphatic rings. The van der Waals surface area contributed by atoms with Crippen LogP contribution in [0.5, 0.6) is 0 Å². The van der Waals surface area contributed by atoms with E-state index < -0.39 is 0 Å². The molecule has 1 aromatic carbocycles. The third-order valence-corrected chi connectivity index (χ3v) is 2.86. The minimum atomic E-state index is 0.620. The summed E-state index contributed by atoms with van der Waals surface area (Å²) in [6, 6.07) is 6.83. The van der Waals surface area contributed by atoms with Gasteiger partial charge in [-0.2, -0.15) is 0 Å². The molecular formula is C16H27N. The molecule has 0 heterocycles. The molecule has 1 nitrogen and oxygen atoms in total. The summed E-state index contributed by atoms with van der Waals surface area (Å²) in [5.41, 5.74) is 10.1. The summed E-state index contributed by atoms with van der Waals surface area (Å²) in [6.45, 7) is 12.7. The van der Waals surface area contributed by atoms with Crippen LogP contribution in [0.3, 0.4) is 0 Å². The van der Waals surface area contributed by atoms with Crippen LogP contribution in [-0.2, 0) is 6.42 Å². The van der Waals surface area contributed by atoms with Gasteiger partial charge >= 0.3 is 0 Å². The van der Waals surface area contributed by atoms with Crippen molar-refractivity contribution in [3.05, 3.63) is 47.0 Å². The van der Waals surface area contributed by atoms with E-state index in [2.05, 4.69) is 58.2 Å². The van der Waals surface area contributed by atoms with Crippen LogP contribution in [0, 0.1) is 6.92 Å². The highest BCUT2D eigenvalue weighted by atomic mass is 14.4. The Labute approximate surface area is 107 Å². The van der Waals surface area contributed by atoms with Gasteiger partial charge < -0.3 is 5.73 Å². The second-order valence-electron chi connectivity index (χ2n) is 4.80. The van der Waals surface area contributed by atoms with Crippen LogP contribution >= 0.6 is 0 Å². The normalized spacial score (nSPS) is 9.82. The van der Waals surface area contributed by atoms with Crippen molar-refractivity contribution in [3.63, 3.8) is 0 Å². The molecule has 17 heavy (non-hydrogen) atoms. The van der Waals surface area contributed by atoms with Gasteiger partial charge in [-0.3, -0.25) is 0 Å². The second-order valence-corrected chi connectivity index (χ2v) is 4.80. The Balaban J connectivity index is 0.00000121. The van der Waals surface area contributed by atoms with E-state index >= 15 is 0 Å². The van der Waals surface area contributed by atoms with Gasteiger partial charge in [0.15, 0.2) is 0 Å². The Morgan fingerprint density at radius 2 is 1.88 bits per heavy atom. The fraction of sp³-hybridized carbons (Fsp3) is 0.500. The Hall–Kier alpha value is -1.08. The summed E-state index contributed by atoms with van der Waals surface area (Å²) in [7, 11) is 1.50. The van der Waals surface area contributed by atoms with Crippen LogP contribution in [0.4, 0.5) is 0 Å². The smallest absolute Gasteiger partial charge is 0.0195 e. The molecule has 0 saturated carbocycles. The van der Waals surface area contributed by atoms with E-state index in [1.165, 1.54) is 29.3 Å². The fourth-order valence-corrected chi connectivity index (χ4v) is 1.67. The number of aryl methyl sites for hydroxylation is 2. The van der Waals surface area contributed by atoms with Gasteiger partial charge in [-0.05, 0) is 56.3 Å². The molecule has 0 aliphatic carbocycles. The Morgan fingerprint density at radius 3 is 2.35 bits per heavy atom. The summed E-state index contributed by atoms with van der Waals surface area (Å²) < 4.78 is 0. The summed E-state index contributed by atoms with van der Waals surface area (Å²) in [5.74, 6) is 0.620. The van der Waals surface area contributed by atoms with Gasteiger partial charge in [0, 0.05) is 0 Å². The van der Waals surface area contributed by atoms with E-state index in [9.17, 15) is 0 Å². The van der Waals surface area contributed by atoms with E-state index in [4.69, 9.17) is 0 Å². The molecule has 1 aromatic rings. The van der Waals surface area contributed by atoms with Gasteiger partial charge in [0.2, 0.25) is 0 Å². The summed E-state index contributed by atoms with van der Waals surface area (Å²) in [4.78, 5) is 0. The maximum Gasteiger partial charge on any atom is -0.0195 e. The monoisotopic (exact) mass is 233 g/mol. The lowest BCUT2D eigenvalue weighted by Crippen LogP contribution is -1.95. The van der Waals surface area contributed by atoms with Crippen molar-refractivity contribution < 1.29 is 0 Å². The molecule has 0 bridgehead atoms. The largest absolute Gasteiger partial charge is 0.333 e. The molecule has 0 aliphatic heterocycles. The molecule has 0 spiro atoms. The first kappa shape index (κ1) is 15.9. The van der Waals surface area contributed by atoms with E-state index in [-0.39, 0.29) is 0 Å². The first-order chi connectivity index (χ1) is 8.00. The van der Waals surface area contributed by atoms with Gasteiger partial charge in [-0.15, -0.1) is 6.58 Å². The number of nitrogens with two attached hydrogens (primary N) is 1. The second kappa shape index (κ2) is 8.08. The summed E-state index contributed by atoms with van der Waals surface area (Å²) in [5, 5.41) is 0. The van der Waals surface area contributed by atoms with E-state index in [1.807, 2.05) is 0 Å². The zero-order valence-electron chi connectivity index (χ0n) is 12.0. The molecule has 0 atom stereocenters. The Morgan fingerprint density at radius 1 is 1.29 bits per heavy atom. The molecule has 2 N–H and O–H groups in total. The summed E-state index contributed by atoms with van der Waals surface area (Å²) in [6.07, 6.45) is 2.23. The van der Waals surface area contributed by atoms with Crippen molar-refractivity contribution in [2.45, 2.75) is 46.5 Å². The quantitative estimate of drug-likeness (QED) is 0.775. The number of benzene rings is 1. The zero-order valence-corrected chi connectivity index (χ0v) is 12.0. The van der Waals surface area contributed by atoms with Gasteiger partial charge in [0.1, 0.15) is 0 Å². The van der Waals surface area contributed by atoms with Crippen LogP contribution in [-0.4, -0.2) is 7.05 Å². The molecule has 0 aromatic heterocycles. The molecule has 0 unspecified atom stereocenters. The molecule has 0 saturated heterocycles. The molecule has 0 fully saturated rings. The highest BCUT2D eigenvalue weighted by molar-refractivity contribution is 5.33. The van der Waals surface area contributed by atoms with Crippen LogP contribution in [0.1, 0.15) is 49.8 Å². The Kier molecular flexibility index (Phi) is 7.56. The van der Waals surface area contributed by atoms with Crippen molar-refractivity contribution in [3.8, 4) is 0 Å². The minimum absolute atomic E-state index is 0.620. The lowest BCUT2D eigenvalue weighted by Gasteiger charge is -2.11. The highest BCUT2D eigenvalue weighted by Gasteiger charge is 2.03. The SMILES string of the molecule is C=C(C)CCc1cc(C(C)C)ccc1C.CN. The third kappa shape index (κ3) is 5.69. The zero-order chi connectivity index (χ0) is 13.4. The first-order valence-corrected chi connectivity index (χ1v) is 6.32. The fourth-order valence-electron chi connectivity index (χ4n) is 1.67. The van der Waals surface area contributed by atoms with Crippen molar-refractivity contribution in [2.24, 2.45) is 5.73 Å². The van der Waals surface area contributed by atoms with Crippen LogP contribution < -0.4 is 5.73 Å². The molecule has 1 heteroatoms.